The Hall–Kier alpha value is -3.28. The third-order valence-corrected chi connectivity index (χ3v) is 7.39. The highest BCUT2D eigenvalue weighted by molar-refractivity contribution is 5.89. The van der Waals surface area contributed by atoms with Gasteiger partial charge < -0.3 is 18.9 Å². The van der Waals surface area contributed by atoms with E-state index in [4.69, 9.17) is 24.4 Å². The van der Waals surface area contributed by atoms with Crippen LogP contribution in [0.1, 0.15) is 50.7 Å². The van der Waals surface area contributed by atoms with Crippen LogP contribution in [0.3, 0.4) is 0 Å². The minimum Gasteiger partial charge on any atom is -0.497 e. The first-order valence-corrected chi connectivity index (χ1v) is 10.8. The van der Waals surface area contributed by atoms with E-state index in [1.54, 1.807) is 18.2 Å². The summed E-state index contributed by atoms with van der Waals surface area (Å²) in [5.74, 6) is -0.868. The average molecular weight is 434 g/mol. The van der Waals surface area contributed by atoms with Crippen LogP contribution in [0.15, 0.2) is 18.2 Å². The molecule has 1 aliphatic carbocycles. The van der Waals surface area contributed by atoms with Crippen molar-refractivity contribution in [2.75, 3.05) is 14.2 Å². The second-order valence-electron chi connectivity index (χ2n) is 8.82. The van der Waals surface area contributed by atoms with Gasteiger partial charge in [0.05, 0.1) is 38.3 Å². The molecular formula is C24H26N4O4. The van der Waals surface area contributed by atoms with E-state index in [0.717, 1.165) is 19.3 Å². The number of methoxy groups -OCH3 is 2. The van der Waals surface area contributed by atoms with E-state index in [0.29, 0.717) is 35.8 Å². The van der Waals surface area contributed by atoms with Crippen LogP contribution in [-0.2, 0) is 9.47 Å². The summed E-state index contributed by atoms with van der Waals surface area (Å²) in [6.07, 6.45) is 2.75. The molecule has 1 N–H and O–H groups in total. The second kappa shape index (κ2) is 7.69. The van der Waals surface area contributed by atoms with Crippen molar-refractivity contribution in [1.29, 1.82) is 21.2 Å². The Bertz CT molecular complexity index is 1030. The van der Waals surface area contributed by atoms with Crippen molar-refractivity contribution >= 4 is 5.90 Å². The largest absolute Gasteiger partial charge is 0.497 e. The summed E-state index contributed by atoms with van der Waals surface area (Å²) in [7, 11) is 3.01. The molecule has 8 heteroatoms. The van der Waals surface area contributed by atoms with Crippen LogP contribution in [-0.4, -0.2) is 25.9 Å². The van der Waals surface area contributed by atoms with Crippen molar-refractivity contribution in [2.45, 2.75) is 50.9 Å². The van der Waals surface area contributed by atoms with Crippen LogP contribution < -0.4 is 9.47 Å². The van der Waals surface area contributed by atoms with Crippen molar-refractivity contribution in [3.63, 3.8) is 0 Å². The van der Waals surface area contributed by atoms with Gasteiger partial charge in [-0.3, -0.25) is 5.41 Å². The van der Waals surface area contributed by atoms with Gasteiger partial charge in [0.15, 0.2) is 5.41 Å². The molecule has 5 atom stereocenters. The predicted octanol–water partition coefficient (Wildman–Crippen LogP) is 4.24. The van der Waals surface area contributed by atoms with E-state index in [1.807, 2.05) is 0 Å². The molecule has 0 amide bonds. The number of rotatable bonds is 5. The minimum absolute atomic E-state index is 0.326. The average Bonchev–Trinajstić information content (AvgIpc) is 3.02. The maximum absolute atomic E-state index is 10.5. The summed E-state index contributed by atoms with van der Waals surface area (Å²) >= 11 is 0. The monoisotopic (exact) mass is 434 g/mol. The van der Waals surface area contributed by atoms with Gasteiger partial charge in [-0.05, 0) is 36.5 Å². The first-order chi connectivity index (χ1) is 15.4. The smallest absolute Gasteiger partial charge is 0.217 e. The zero-order valence-corrected chi connectivity index (χ0v) is 18.5. The molecule has 2 bridgehead atoms. The molecule has 1 aromatic carbocycles. The van der Waals surface area contributed by atoms with Gasteiger partial charge in [0, 0.05) is 12.5 Å². The lowest BCUT2D eigenvalue weighted by Gasteiger charge is -2.52. The summed E-state index contributed by atoms with van der Waals surface area (Å²) in [6.45, 7) is 2.11. The van der Waals surface area contributed by atoms with Gasteiger partial charge in [0.1, 0.15) is 17.6 Å². The highest BCUT2D eigenvalue weighted by atomic mass is 16.7. The Kier molecular flexibility index (Phi) is 5.27. The molecule has 3 fully saturated rings. The minimum atomic E-state index is -1.98. The summed E-state index contributed by atoms with van der Waals surface area (Å²) < 4.78 is 23.2. The molecule has 5 unspecified atom stereocenters. The number of nitriles is 3. The number of nitrogens with zero attached hydrogens (tertiary/aromatic N) is 3. The standard InChI is InChI=1S/C24H26N4O4/c1-4-5-15-6-7-24-19(8-15)23(14-27,21(28)32-24)22(12-25,13-26)20(31-24)16-9-17(29-2)11-18(10-16)30-3/h9-11,15,19-20,28H,4-8H2,1-3H3. The molecule has 32 heavy (non-hydrogen) atoms. The number of benzene rings is 1. The van der Waals surface area contributed by atoms with E-state index < -0.39 is 28.6 Å². The highest BCUT2D eigenvalue weighted by Gasteiger charge is 2.80. The van der Waals surface area contributed by atoms with Gasteiger partial charge in [0.25, 0.3) is 0 Å². The van der Waals surface area contributed by atoms with Crippen molar-refractivity contribution in [3.8, 4) is 29.7 Å². The maximum atomic E-state index is 10.5. The van der Waals surface area contributed by atoms with Crippen molar-refractivity contribution in [1.82, 2.24) is 0 Å². The van der Waals surface area contributed by atoms with Gasteiger partial charge in [0.2, 0.25) is 17.1 Å². The lowest BCUT2D eigenvalue weighted by molar-refractivity contribution is -0.299. The van der Waals surface area contributed by atoms with E-state index >= 15 is 0 Å². The zero-order valence-electron chi connectivity index (χ0n) is 18.5. The Morgan fingerprint density at radius 3 is 2.28 bits per heavy atom. The molecule has 2 heterocycles. The lowest BCUT2D eigenvalue weighted by atomic mass is 9.50. The Balaban J connectivity index is 1.94. The highest BCUT2D eigenvalue weighted by Crippen LogP contribution is 2.70. The molecule has 4 rings (SSSR count). The van der Waals surface area contributed by atoms with E-state index in [1.165, 1.54) is 14.2 Å². The van der Waals surface area contributed by atoms with E-state index in [9.17, 15) is 15.8 Å². The molecular weight excluding hydrogens is 408 g/mol. The molecule has 2 aliphatic heterocycles. The van der Waals surface area contributed by atoms with Crippen LogP contribution in [0.25, 0.3) is 0 Å². The van der Waals surface area contributed by atoms with Crippen LogP contribution in [0.5, 0.6) is 11.5 Å². The molecule has 2 saturated heterocycles. The maximum Gasteiger partial charge on any atom is 0.217 e. The van der Waals surface area contributed by atoms with Gasteiger partial charge in [-0.15, -0.1) is 0 Å². The SMILES string of the molecule is CCCC1CCC23OC(=N)C(C#N)(C2C1)C(C#N)(C#N)C(c1cc(OC)cc(OC)c1)O3. The quantitative estimate of drug-likeness (QED) is 0.733. The predicted molar refractivity (Wildman–Crippen MR) is 112 cm³/mol. The van der Waals surface area contributed by atoms with Crippen LogP contribution in [0, 0.1) is 62.1 Å². The lowest BCUT2D eigenvalue weighted by Crippen LogP contribution is -2.61. The van der Waals surface area contributed by atoms with Gasteiger partial charge in [-0.25, -0.2) is 0 Å². The fourth-order valence-electron chi connectivity index (χ4n) is 5.87. The third-order valence-electron chi connectivity index (χ3n) is 7.39. The summed E-state index contributed by atoms with van der Waals surface area (Å²) in [5.41, 5.74) is -3.24. The van der Waals surface area contributed by atoms with Gasteiger partial charge in [-0.1, -0.05) is 19.8 Å². The molecule has 1 aromatic rings. The fraction of sp³-hybridized carbons (Fsp3) is 0.583. The zero-order chi connectivity index (χ0) is 23.1. The first kappa shape index (κ1) is 21.9. The fourth-order valence-corrected chi connectivity index (χ4v) is 5.87. The number of nitrogens with one attached hydrogen (secondary N) is 1. The number of hydrogen-bond acceptors (Lipinski definition) is 8. The van der Waals surface area contributed by atoms with E-state index in [-0.39, 0.29) is 5.90 Å². The van der Waals surface area contributed by atoms with Gasteiger partial charge >= 0.3 is 0 Å². The Morgan fingerprint density at radius 2 is 1.75 bits per heavy atom. The second-order valence-corrected chi connectivity index (χ2v) is 8.82. The Morgan fingerprint density at radius 1 is 1.09 bits per heavy atom. The van der Waals surface area contributed by atoms with Crippen LogP contribution in [0.2, 0.25) is 0 Å². The van der Waals surface area contributed by atoms with Crippen molar-refractivity contribution in [3.05, 3.63) is 23.8 Å². The summed E-state index contributed by atoms with van der Waals surface area (Å²) in [5, 5.41) is 40.0. The molecule has 0 spiro atoms. The molecule has 166 valence electrons. The molecule has 0 radical (unpaired) electrons. The molecule has 0 aromatic heterocycles. The molecule has 8 nitrogen and oxygen atoms in total. The van der Waals surface area contributed by atoms with Crippen LogP contribution in [0.4, 0.5) is 0 Å². The van der Waals surface area contributed by atoms with Crippen molar-refractivity contribution < 1.29 is 18.9 Å². The van der Waals surface area contributed by atoms with E-state index in [2.05, 4.69) is 25.1 Å². The number of hydrogen-bond donors (Lipinski definition) is 1. The normalized spacial score (nSPS) is 34.2. The van der Waals surface area contributed by atoms with Gasteiger partial charge in [-0.2, -0.15) is 15.8 Å². The number of ether oxygens (including phenoxy) is 4. The Labute approximate surface area is 187 Å². The van der Waals surface area contributed by atoms with Crippen molar-refractivity contribution in [2.24, 2.45) is 22.7 Å². The van der Waals surface area contributed by atoms with Crippen LogP contribution >= 0.6 is 0 Å². The molecule has 3 aliphatic rings. The first-order valence-electron chi connectivity index (χ1n) is 10.8. The molecule has 1 saturated carbocycles. The third kappa shape index (κ3) is 2.65. The topological polar surface area (TPSA) is 132 Å². The summed E-state index contributed by atoms with van der Waals surface area (Å²) in [6, 6.07) is 11.5. The summed E-state index contributed by atoms with van der Waals surface area (Å²) in [4.78, 5) is 0.